The van der Waals surface area contributed by atoms with Crippen molar-refractivity contribution in [2.24, 2.45) is 5.14 Å². The van der Waals surface area contributed by atoms with Gasteiger partial charge in [0.1, 0.15) is 11.9 Å². The van der Waals surface area contributed by atoms with Gasteiger partial charge in [-0.1, -0.05) is 13.3 Å². The van der Waals surface area contributed by atoms with E-state index in [0.29, 0.717) is 30.3 Å². The lowest BCUT2D eigenvalue weighted by molar-refractivity contribution is 0.0935. The highest BCUT2D eigenvalue weighted by Crippen LogP contribution is 2.35. The number of fused-ring (bicyclic) bond motifs is 1. The van der Waals surface area contributed by atoms with Gasteiger partial charge in [0, 0.05) is 19.0 Å². The number of carbonyl (C=O) groups excluding carboxylic acids is 1. The quantitative estimate of drug-likeness (QED) is 0.731. The molecular formula is C19H29N3O4S. The third-order valence-electron chi connectivity index (χ3n) is 5.34. The number of benzene rings is 1. The van der Waals surface area contributed by atoms with E-state index in [1.54, 1.807) is 0 Å². The van der Waals surface area contributed by atoms with E-state index in [1.807, 2.05) is 6.92 Å². The minimum absolute atomic E-state index is 0.0467. The Labute approximate surface area is 161 Å². The number of hydrogen-bond acceptors (Lipinski definition) is 5. The van der Waals surface area contributed by atoms with Crippen molar-refractivity contribution in [3.63, 3.8) is 0 Å². The van der Waals surface area contributed by atoms with Crippen molar-refractivity contribution in [1.29, 1.82) is 0 Å². The number of likely N-dealkylation sites (tertiary alicyclic amines) is 1. The van der Waals surface area contributed by atoms with Gasteiger partial charge in [-0.05, 0) is 57.0 Å². The van der Waals surface area contributed by atoms with Crippen molar-refractivity contribution in [2.75, 3.05) is 19.6 Å². The number of sulfonamides is 1. The first kappa shape index (κ1) is 20.1. The monoisotopic (exact) mass is 395 g/mol. The van der Waals surface area contributed by atoms with E-state index >= 15 is 0 Å². The van der Waals surface area contributed by atoms with E-state index in [9.17, 15) is 13.2 Å². The molecular weight excluding hydrogens is 366 g/mol. The number of nitrogens with two attached hydrogens (primary N) is 1. The molecule has 0 aromatic heterocycles. The highest BCUT2D eigenvalue weighted by molar-refractivity contribution is 7.89. The van der Waals surface area contributed by atoms with Gasteiger partial charge in [-0.2, -0.15) is 0 Å². The number of nitrogens with one attached hydrogen (secondary N) is 1. The number of rotatable bonds is 7. The zero-order valence-electron chi connectivity index (χ0n) is 16.0. The fraction of sp³-hybridized carbons (Fsp3) is 0.632. The Morgan fingerprint density at radius 2 is 2.19 bits per heavy atom. The maximum absolute atomic E-state index is 12.8. The number of nitrogens with zero attached hydrogens (tertiary/aromatic N) is 1. The summed E-state index contributed by atoms with van der Waals surface area (Å²) in [5, 5.41) is 8.26. The van der Waals surface area contributed by atoms with Crippen molar-refractivity contribution in [3.05, 3.63) is 23.3 Å². The molecule has 2 atom stereocenters. The number of ether oxygens (including phenoxy) is 1. The van der Waals surface area contributed by atoms with Crippen molar-refractivity contribution in [3.8, 4) is 5.75 Å². The maximum Gasteiger partial charge on any atom is 0.255 e. The average Bonchev–Trinajstić information content (AvgIpc) is 3.20. The second kappa shape index (κ2) is 8.16. The lowest BCUT2D eigenvalue weighted by Gasteiger charge is -2.24. The molecule has 1 aromatic carbocycles. The zero-order chi connectivity index (χ0) is 19.6. The molecule has 2 aliphatic heterocycles. The van der Waals surface area contributed by atoms with E-state index < -0.39 is 10.0 Å². The molecule has 1 fully saturated rings. The van der Waals surface area contributed by atoms with Crippen LogP contribution < -0.4 is 15.2 Å². The fourth-order valence-corrected chi connectivity index (χ4v) is 4.51. The summed E-state index contributed by atoms with van der Waals surface area (Å²) in [5.41, 5.74) is 0.962. The average molecular weight is 396 g/mol. The van der Waals surface area contributed by atoms with E-state index in [0.717, 1.165) is 38.8 Å². The predicted octanol–water partition coefficient (Wildman–Crippen LogP) is 1.65. The third kappa shape index (κ3) is 4.62. The first-order valence-electron chi connectivity index (χ1n) is 9.68. The molecule has 0 saturated carbocycles. The molecule has 0 radical (unpaired) electrons. The van der Waals surface area contributed by atoms with Crippen molar-refractivity contribution >= 4 is 15.9 Å². The molecule has 0 unspecified atom stereocenters. The Kier molecular flexibility index (Phi) is 6.08. The standard InChI is InChI=1S/C19H29N3O4S/c1-3-4-7-22-8-5-6-15(22)12-21-19(23)17-11-16(27(20,24)25)10-14-9-13(2)26-18(14)17/h10-11,13,15H,3-9,12H2,1-2H3,(H,21,23)(H2,20,24,25)/t13-,15+/m1/s1. The minimum Gasteiger partial charge on any atom is -0.489 e. The van der Waals surface area contributed by atoms with Gasteiger partial charge < -0.3 is 10.1 Å². The Morgan fingerprint density at radius 1 is 1.41 bits per heavy atom. The molecule has 3 rings (SSSR count). The van der Waals surface area contributed by atoms with Gasteiger partial charge in [-0.15, -0.1) is 0 Å². The third-order valence-corrected chi connectivity index (χ3v) is 6.23. The van der Waals surface area contributed by atoms with Gasteiger partial charge in [0.2, 0.25) is 10.0 Å². The molecule has 0 bridgehead atoms. The molecule has 150 valence electrons. The van der Waals surface area contributed by atoms with Crippen LogP contribution in [0, 0.1) is 0 Å². The summed E-state index contributed by atoms with van der Waals surface area (Å²) in [5.74, 6) is 0.162. The van der Waals surface area contributed by atoms with Crippen LogP contribution in [0.3, 0.4) is 0 Å². The zero-order valence-corrected chi connectivity index (χ0v) is 16.8. The van der Waals surface area contributed by atoms with Gasteiger partial charge in [0.05, 0.1) is 10.5 Å². The number of amides is 1. The van der Waals surface area contributed by atoms with Crippen molar-refractivity contribution in [2.45, 2.75) is 63.0 Å². The molecule has 2 heterocycles. The van der Waals surface area contributed by atoms with Gasteiger partial charge in [-0.3, -0.25) is 9.69 Å². The van der Waals surface area contributed by atoms with Crippen LogP contribution in [-0.4, -0.2) is 51.0 Å². The first-order chi connectivity index (χ1) is 12.8. The predicted molar refractivity (Wildman–Crippen MR) is 103 cm³/mol. The van der Waals surface area contributed by atoms with Gasteiger partial charge in [-0.25, -0.2) is 13.6 Å². The molecule has 0 aliphatic carbocycles. The van der Waals surface area contributed by atoms with Crippen LogP contribution in [-0.2, 0) is 16.4 Å². The number of hydrogen-bond donors (Lipinski definition) is 2. The first-order valence-corrected chi connectivity index (χ1v) is 11.2. The minimum atomic E-state index is -3.89. The largest absolute Gasteiger partial charge is 0.489 e. The van der Waals surface area contributed by atoms with Crippen LogP contribution in [0.4, 0.5) is 0 Å². The van der Waals surface area contributed by atoms with Crippen LogP contribution in [0.15, 0.2) is 17.0 Å². The number of carbonyl (C=O) groups is 1. The molecule has 0 spiro atoms. The number of unbranched alkanes of at least 4 members (excludes halogenated alkanes) is 1. The summed E-state index contributed by atoms with van der Waals surface area (Å²) in [6.45, 7) is 6.73. The molecule has 27 heavy (non-hydrogen) atoms. The van der Waals surface area contributed by atoms with E-state index in [1.165, 1.54) is 12.1 Å². The van der Waals surface area contributed by atoms with Crippen LogP contribution in [0.1, 0.15) is 55.5 Å². The smallest absolute Gasteiger partial charge is 0.255 e. The van der Waals surface area contributed by atoms with Crippen LogP contribution in [0.25, 0.3) is 0 Å². The van der Waals surface area contributed by atoms with Crippen LogP contribution in [0.2, 0.25) is 0 Å². The van der Waals surface area contributed by atoms with E-state index in [4.69, 9.17) is 9.88 Å². The Bertz CT molecular complexity index is 809. The molecule has 1 aromatic rings. The molecule has 7 nitrogen and oxygen atoms in total. The lowest BCUT2D eigenvalue weighted by Crippen LogP contribution is -2.40. The Morgan fingerprint density at radius 3 is 2.89 bits per heavy atom. The second-order valence-corrected chi connectivity index (χ2v) is 9.09. The van der Waals surface area contributed by atoms with Gasteiger partial charge >= 0.3 is 0 Å². The Balaban J connectivity index is 1.76. The number of primary sulfonamides is 1. The van der Waals surface area contributed by atoms with Crippen molar-refractivity contribution < 1.29 is 17.9 Å². The van der Waals surface area contributed by atoms with Crippen molar-refractivity contribution in [1.82, 2.24) is 10.2 Å². The highest BCUT2D eigenvalue weighted by Gasteiger charge is 2.29. The van der Waals surface area contributed by atoms with E-state index in [-0.39, 0.29) is 22.5 Å². The summed E-state index contributed by atoms with van der Waals surface area (Å²) in [7, 11) is -3.89. The topological polar surface area (TPSA) is 102 Å². The maximum atomic E-state index is 12.8. The summed E-state index contributed by atoms with van der Waals surface area (Å²) in [6.07, 6.45) is 4.97. The molecule has 3 N–H and O–H groups in total. The summed E-state index contributed by atoms with van der Waals surface area (Å²) in [6, 6.07) is 3.16. The second-order valence-electron chi connectivity index (χ2n) is 7.53. The fourth-order valence-electron chi connectivity index (χ4n) is 3.92. The SMILES string of the molecule is CCCCN1CCC[C@H]1CNC(=O)c1cc(S(N)(=O)=O)cc2c1O[C@H](C)C2. The van der Waals surface area contributed by atoms with E-state index in [2.05, 4.69) is 17.1 Å². The summed E-state index contributed by atoms with van der Waals surface area (Å²) < 4.78 is 29.4. The Hall–Kier alpha value is -1.64. The molecule has 8 heteroatoms. The van der Waals surface area contributed by atoms with Crippen LogP contribution in [0.5, 0.6) is 5.75 Å². The van der Waals surface area contributed by atoms with Gasteiger partial charge in [0.25, 0.3) is 5.91 Å². The molecule has 1 amide bonds. The summed E-state index contributed by atoms with van der Waals surface area (Å²) >= 11 is 0. The highest BCUT2D eigenvalue weighted by atomic mass is 32.2. The lowest BCUT2D eigenvalue weighted by atomic mass is 10.1. The molecule has 1 saturated heterocycles. The summed E-state index contributed by atoms with van der Waals surface area (Å²) in [4.78, 5) is 15.2. The van der Waals surface area contributed by atoms with Crippen LogP contribution >= 0.6 is 0 Å². The normalized spacial score (nSPS) is 22.5. The van der Waals surface area contributed by atoms with Gasteiger partial charge in [0.15, 0.2) is 0 Å². The molecule has 2 aliphatic rings.